The summed E-state index contributed by atoms with van der Waals surface area (Å²) >= 11 is 0. The van der Waals surface area contributed by atoms with E-state index in [-0.39, 0.29) is 12.0 Å². The van der Waals surface area contributed by atoms with Gasteiger partial charge in [0.2, 0.25) is 0 Å². The van der Waals surface area contributed by atoms with E-state index in [9.17, 15) is 5.11 Å². The van der Waals surface area contributed by atoms with Crippen molar-refractivity contribution in [1.82, 2.24) is 9.78 Å². The predicted octanol–water partition coefficient (Wildman–Crippen LogP) is 1.54. The number of hydrogen-bond acceptors (Lipinski definition) is 3. The minimum absolute atomic E-state index is 0.0996. The van der Waals surface area contributed by atoms with Gasteiger partial charge in [-0.05, 0) is 39.2 Å². The van der Waals surface area contributed by atoms with Crippen molar-refractivity contribution in [3.05, 3.63) is 17.5 Å². The molecule has 1 saturated heterocycles. The molecule has 96 valence electrons. The zero-order valence-electron chi connectivity index (χ0n) is 10.8. The minimum Gasteiger partial charge on any atom is -0.396 e. The van der Waals surface area contributed by atoms with Crippen molar-refractivity contribution in [3.63, 3.8) is 0 Å². The zero-order valence-corrected chi connectivity index (χ0v) is 10.8. The van der Waals surface area contributed by atoms with Gasteiger partial charge >= 0.3 is 0 Å². The average molecular weight is 238 g/mol. The standard InChI is InChI=1S/C13H22N2O2/c1-3-15-12(7-11(2)14-15)8-13(9-16)5-4-6-17-10-13/h7,16H,3-6,8-10H2,1-2H3. The summed E-state index contributed by atoms with van der Waals surface area (Å²) < 4.78 is 7.57. The second kappa shape index (κ2) is 5.19. The topological polar surface area (TPSA) is 47.3 Å². The first-order chi connectivity index (χ1) is 8.19. The molecule has 4 nitrogen and oxygen atoms in total. The molecule has 2 heterocycles. The van der Waals surface area contributed by atoms with Crippen LogP contribution in [0.25, 0.3) is 0 Å². The lowest BCUT2D eigenvalue weighted by molar-refractivity contribution is -0.0388. The van der Waals surface area contributed by atoms with Gasteiger partial charge in [-0.3, -0.25) is 4.68 Å². The van der Waals surface area contributed by atoms with Crippen LogP contribution in [0.15, 0.2) is 6.07 Å². The molecule has 1 fully saturated rings. The third kappa shape index (κ3) is 2.69. The quantitative estimate of drug-likeness (QED) is 0.865. The molecule has 0 spiro atoms. The van der Waals surface area contributed by atoms with E-state index in [1.807, 2.05) is 11.6 Å². The highest BCUT2D eigenvalue weighted by Gasteiger charge is 2.33. The molecule has 1 aliphatic rings. The summed E-state index contributed by atoms with van der Waals surface area (Å²) in [5.41, 5.74) is 2.16. The van der Waals surface area contributed by atoms with Crippen LogP contribution in [0.1, 0.15) is 31.2 Å². The first-order valence-electron chi connectivity index (χ1n) is 6.41. The number of aryl methyl sites for hydroxylation is 2. The first kappa shape index (κ1) is 12.6. The summed E-state index contributed by atoms with van der Waals surface area (Å²) in [6, 6.07) is 2.12. The van der Waals surface area contributed by atoms with Crippen LogP contribution in [0.3, 0.4) is 0 Å². The summed E-state index contributed by atoms with van der Waals surface area (Å²) in [5.74, 6) is 0. The molecule has 0 radical (unpaired) electrons. The molecule has 0 bridgehead atoms. The second-order valence-electron chi connectivity index (χ2n) is 5.08. The van der Waals surface area contributed by atoms with E-state index in [4.69, 9.17) is 4.74 Å². The Hall–Kier alpha value is -0.870. The SMILES string of the molecule is CCn1nc(C)cc1CC1(CO)CCCOC1. The fourth-order valence-electron chi connectivity index (χ4n) is 2.63. The van der Waals surface area contributed by atoms with E-state index in [1.165, 1.54) is 5.69 Å². The Labute approximate surface area is 103 Å². The third-order valence-corrected chi connectivity index (χ3v) is 3.58. The number of ether oxygens (including phenoxy) is 1. The monoisotopic (exact) mass is 238 g/mol. The Morgan fingerprint density at radius 3 is 3.00 bits per heavy atom. The maximum absolute atomic E-state index is 9.66. The number of nitrogens with zero attached hydrogens (tertiary/aromatic N) is 2. The maximum atomic E-state index is 9.66. The molecule has 0 aromatic carbocycles. The summed E-state index contributed by atoms with van der Waals surface area (Å²) in [6.45, 7) is 6.68. The Morgan fingerprint density at radius 1 is 1.59 bits per heavy atom. The number of hydrogen-bond donors (Lipinski definition) is 1. The van der Waals surface area contributed by atoms with Gasteiger partial charge in [0.05, 0.1) is 18.9 Å². The molecule has 0 aliphatic carbocycles. The fraction of sp³-hybridized carbons (Fsp3) is 0.769. The summed E-state index contributed by atoms with van der Waals surface area (Å²) in [6.07, 6.45) is 2.94. The molecule has 1 aliphatic heterocycles. The second-order valence-corrected chi connectivity index (χ2v) is 5.08. The van der Waals surface area contributed by atoms with Gasteiger partial charge in [-0.15, -0.1) is 0 Å². The maximum Gasteiger partial charge on any atom is 0.0596 e. The van der Waals surface area contributed by atoms with Crippen LogP contribution in [-0.2, 0) is 17.7 Å². The van der Waals surface area contributed by atoms with Crippen molar-refractivity contribution < 1.29 is 9.84 Å². The summed E-state index contributed by atoms with van der Waals surface area (Å²) in [5, 5.41) is 14.1. The molecule has 2 rings (SSSR count). The molecule has 1 aromatic heterocycles. The van der Waals surface area contributed by atoms with Crippen molar-refractivity contribution in [2.24, 2.45) is 5.41 Å². The third-order valence-electron chi connectivity index (χ3n) is 3.58. The van der Waals surface area contributed by atoms with Gasteiger partial charge in [0.15, 0.2) is 0 Å². The van der Waals surface area contributed by atoms with E-state index < -0.39 is 0 Å². The Balaban J connectivity index is 2.16. The zero-order chi connectivity index (χ0) is 12.3. The molecule has 1 unspecified atom stereocenters. The van der Waals surface area contributed by atoms with Gasteiger partial charge in [0, 0.05) is 24.3 Å². The molecule has 1 atom stereocenters. The van der Waals surface area contributed by atoms with Crippen molar-refractivity contribution >= 4 is 0 Å². The lowest BCUT2D eigenvalue weighted by Crippen LogP contribution is -2.37. The molecule has 17 heavy (non-hydrogen) atoms. The molecule has 1 aromatic rings. The van der Waals surface area contributed by atoms with Crippen LogP contribution < -0.4 is 0 Å². The molecule has 0 amide bonds. The van der Waals surface area contributed by atoms with Gasteiger partial charge in [-0.25, -0.2) is 0 Å². The van der Waals surface area contributed by atoms with Crippen LogP contribution in [0.2, 0.25) is 0 Å². The number of rotatable bonds is 4. The highest BCUT2D eigenvalue weighted by Crippen LogP contribution is 2.32. The summed E-state index contributed by atoms with van der Waals surface area (Å²) in [4.78, 5) is 0. The molecule has 4 heteroatoms. The largest absolute Gasteiger partial charge is 0.396 e. The van der Waals surface area contributed by atoms with Crippen LogP contribution >= 0.6 is 0 Å². The smallest absolute Gasteiger partial charge is 0.0596 e. The van der Waals surface area contributed by atoms with Gasteiger partial charge < -0.3 is 9.84 Å². The molecular formula is C13H22N2O2. The van der Waals surface area contributed by atoms with Crippen molar-refractivity contribution in [3.8, 4) is 0 Å². The average Bonchev–Trinajstić information content (AvgIpc) is 2.70. The normalized spacial score (nSPS) is 25.1. The fourth-order valence-corrected chi connectivity index (χ4v) is 2.63. The van der Waals surface area contributed by atoms with Gasteiger partial charge in [0.1, 0.15) is 0 Å². The van der Waals surface area contributed by atoms with Crippen LogP contribution in [0.4, 0.5) is 0 Å². The van der Waals surface area contributed by atoms with Crippen molar-refractivity contribution in [1.29, 1.82) is 0 Å². The van der Waals surface area contributed by atoms with Crippen molar-refractivity contribution in [2.45, 2.75) is 39.7 Å². The van der Waals surface area contributed by atoms with Crippen molar-refractivity contribution in [2.75, 3.05) is 19.8 Å². The number of aliphatic hydroxyl groups excluding tert-OH is 1. The van der Waals surface area contributed by atoms with E-state index in [0.717, 1.165) is 38.1 Å². The Kier molecular flexibility index (Phi) is 3.84. The molecular weight excluding hydrogens is 216 g/mol. The van der Waals surface area contributed by atoms with E-state index in [1.54, 1.807) is 0 Å². The van der Waals surface area contributed by atoms with Crippen LogP contribution in [-0.4, -0.2) is 34.7 Å². The highest BCUT2D eigenvalue weighted by atomic mass is 16.5. The summed E-state index contributed by atoms with van der Waals surface area (Å²) in [7, 11) is 0. The van der Waals surface area contributed by atoms with Gasteiger partial charge in [-0.1, -0.05) is 0 Å². The van der Waals surface area contributed by atoms with E-state index >= 15 is 0 Å². The van der Waals surface area contributed by atoms with Crippen LogP contribution in [0.5, 0.6) is 0 Å². The molecule has 1 N–H and O–H groups in total. The number of aliphatic hydroxyl groups is 1. The number of aromatic nitrogens is 2. The lowest BCUT2D eigenvalue weighted by atomic mass is 9.79. The highest BCUT2D eigenvalue weighted by molar-refractivity contribution is 5.11. The molecule has 0 saturated carbocycles. The Morgan fingerprint density at radius 2 is 2.41 bits per heavy atom. The minimum atomic E-state index is -0.0996. The van der Waals surface area contributed by atoms with E-state index in [2.05, 4.69) is 18.1 Å². The van der Waals surface area contributed by atoms with Crippen LogP contribution in [0, 0.1) is 12.3 Å². The van der Waals surface area contributed by atoms with E-state index in [0.29, 0.717) is 6.61 Å². The van der Waals surface area contributed by atoms with Gasteiger partial charge in [0.25, 0.3) is 0 Å². The van der Waals surface area contributed by atoms with Gasteiger partial charge in [-0.2, -0.15) is 5.10 Å². The predicted molar refractivity (Wildman–Crippen MR) is 65.9 cm³/mol. The lowest BCUT2D eigenvalue weighted by Gasteiger charge is -2.35. The Bertz CT molecular complexity index is 367. The first-order valence-corrected chi connectivity index (χ1v) is 6.41.